The molecule has 0 fully saturated rings. The summed E-state index contributed by atoms with van der Waals surface area (Å²) in [7, 11) is 4.16. The fraction of sp³-hybridized carbons (Fsp3) is 0.333. The van der Waals surface area contributed by atoms with Crippen LogP contribution in [0.3, 0.4) is 0 Å². The zero-order chi connectivity index (χ0) is 14.6. The number of aliphatic carboxylic acids is 1. The smallest absolute Gasteiger partial charge is 0.311 e. The Labute approximate surface area is 118 Å². The van der Waals surface area contributed by atoms with E-state index in [-0.39, 0.29) is 17.1 Å². The molecule has 1 rings (SSSR count). The van der Waals surface area contributed by atoms with Crippen LogP contribution in [-0.2, 0) is 4.79 Å². The Kier molecular flexibility index (Phi) is 5.17. The second kappa shape index (κ2) is 6.42. The van der Waals surface area contributed by atoms with Gasteiger partial charge in [-0.3, -0.25) is 9.59 Å². The molecule has 19 heavy (non-hydrogen) atoms. The second-order valence-corrected chi connectivity index (χ2v) is 4.35. The molecule has 0 aromatic heterocycles. The van der Waals surface area contributed by atoms with Gasteiger partial charge in [0.05, 0.1) is 25.8 Å². The number of methoxy groups -OCH3 is 3. The summed E-state index contributed by atoms with van der Waals surface area (Å²) in [5.41, 5.74) is 0.0404. The van der Waals surface area contributed by atoms with Gasteiger partial charge in [-0.15, -0.1) is 0 Å². The van der Waals surface area contributed by atoms with Gasteiger partial charge in [-0.25, -0.2) is 0 Å². The molecule has 1 aromatic rings. The number of Topliss-reactive ketones (excluding diaryl/α,β-unsaturated/α-hetero) is 1. The van der Waals surface area contributed by atoms with Crippen molar-refractivity contribution in [2.75, 3.05) is 21.3 Å². The molecule has 0 heterocycles. The zero-order valence-electron chi connectivity index (χ0n) is 10.7. The standard InChI is InChI=1S/C12H13BrO6/c1-17-8-4-6(13)11(18-2)10(12(8)19-3)7(14)5-9(15)16/h4H,5H2,1-3H3,(H,15,16). The van der Waals surface area contributed by atoms with Crippen LogP contribution >= 0.6 is 15.9 Å². The van der Waals surface area contributed by atoms with Crippen LogP contribution in [0.4, 0.5) is 0 Å². The lowest BCUT2D eigenvalue weighted by Gasteiger charge is -2.16. The van der Waals surface area contributed by atoms with Gasteiger partial charge in [0.1, 0.15) is 17.7 Å². The fourth-order valence-corrected chi connectivity index (χ4v) is 2.19. The number of rotatable bonds is 6. The number of carboxylic acids is 1. The lowest BCUT2D eigenvalue weighted by atomic mass is 10.0. The van der Waals surface area contributed by atoms with Crippen molar-refractivity contribution in [3.05, 3.63) is 16.1 Å². The van der Waals surface area contributed by atoms with Gasteiger partial charge in [-0.2, -0.15) is 0 Å². The lowest BCUT2D eigenvalue weighted by Crippen LogP contribution is -2.11. The van der Waals surface area contributed by atoms with E-state index >= 15 is 0 Å². The number of carbonyl (C=O) groups excluding carboxylic acids is 1. The number of ketones is 1. The van der Waals surface area contributed by atoms with Gasteiger partial charge in [0, 0.05) is 6.07 Å². The van der Waals surface area contributed by atoms with Crippen LogP contribution in [-0.4, -0.2) is 38.2 Å². The maximum Gasteiger partial charge on any atom is 0.311 e. The molecule has 0 saturated carbocycles. The SMILES string of the molecule is COc1cc(Br)c(OC)c(C(=O)CC(=O)O)c1OC. The highest BCUT2D eigenvalue weighted by atomic mass is 79.9. The van der Waals surface area contributed by atoms with Crippen molar-refractivity contribution in [1.82, 2.24) is 0 Å². The van der Waals surface area contributed by atoms with E-state index in [2.05, 4.69) is 15.9 Å². The number of carboxylic acid groups (broad SMARTS) is 1. The average molecular weight is 333 g/mol. The quantitative estimate of drug-likeness (QED) is 0.634. The summed E-state index contributed by atoms with van der Waals surface area (Å²) in [6, 6.07) is 1.58. The fourth-order valence-electron chi connectivity index (χ4n) is 1.62. The molecule has 0 amide bonds. The topological polar surface area (TPSA) is 82.1 Å². The van der Waals surface area contributed by atoms with Crippen molar-refractivity contribution >= 4 is 27.7 Å². The maximum absolute atomic E-state index is 12.0. The number of halogens is 1. The third-order valence-corrected chi connectivity index (χ3v) is 2.96. The molecule has 0 unspecified atom stereocenters. The van der Waals surface area contributed by atoms with Crippen LogP contribution in [0.2, 0.25) is 0 Å². The van der Waals surface area contributed by atoms with Crippen molar-refractivity contribution in [3.8, 4) is 17.2 Å². The first-order valence-corrected chi connectivity index (χ1v) is 5.99. The number of carbonyl (C=O) groups is 2. The number of benzene rings is 1. The van der Waals surface area contributed by atoms with Gasteiger partial charge in [-0.05, 0) is 15.9 Å². The Morgan fingerprint density at radius 3 is 2.16 bits per heavy atom. The summed E-state index contributed by atoms with van der Waals surface area (Å²) >= 11 is 3.24. The summed E-state index contributed by atoms with van der Waals surface area (Å²) in [5, 5.41) is 8.72. The molecule has 0 aliphatic heterocycles. The molecular weight excluding hydrogens is 320 g/mol. The number of ether oxygens (including phenoxy) is 3. The highest BCUT2D eigenvalue weighted by Gasteiger charge is 2.26. The molecule has 1 aromatic carbocycles. The summed E-state index contributed by atoms with van der Waals surface area (Å²) in [6.45, 7) is 0. The first kappa shape index (κ1) is 15.3. The van der Waals surface area contributed by atoms with Crippen LogP contribution in [0.25, 0.3) is 0 Å². The third kappa shape index (κ3) is 3.17. The molecular formula is C12H13BrO6. The molecule has 7 heteroatoms. The minimum atomic E-state index is -1.23. The number of hydrogen-bond acceptors (Lipinski definition) is 5. The molecule has 0 aliphatic carbocycles. The van der Waals surface area contributed by atoms with E-state index < -0.39 is 18.2 Å². The molecule has 6 nitrogen and oxygen atoms in total. The van der Waals surface area contributed by atoms with Crippen LogP contribution in [0.1, 0.15) is 16.8 Å². The first-order chi connectivity index (χ1) is 8.96. The predicted molar refractivity (Wildman–Crippen MR) is 70.4 cm³/mol. The summed E-state index contributed by atoms with van der Waals surface area (Å²) in [6.07, 6.45) is -0.660. The molecule has 104 valence electrons. The van der Waals surface area contributed by atoms with Crippen molar-refractivity contribution in [1.29, 1.82) is 0 Å². The maximum atomic E-state index is 12.0. The Hall–Kier alpha value is -1.76. The van der Waals surface area contributed by atoms with E-state index in [1.54, 1.807) is 6.07 Å². The first-order valence-electron chi connectivity index (χ1n) is 5.19. The van der Waals surface area contributed by atoms with Crippen LogP contribution in [0.15, 0.2) is 10.5 Å². The van der Waals surface area contributed by atoms with Crippen LogP contribution in [0.5, 0.6) is 17.2 Å². The lowest BCUT2D eigenvalue weighted by molar-refractivity contribution is -0.135. The Morgan fingerprint density at radius 2 is 1.74 bits per heavy atom. The Bertz CT molecular complexity index is 511. The molecule has 0 spiro atoms. The Balaban J connectivity index is 3.51. The molecule has 1 N–H and O–H groups in total. The van der Waals surface area contributed by atoms with E-state index in [4.69, 9.17) is 19.3 Å². The molecule has 0 radical (unpaired) electrons. The van der Waals surface area contributed by atoms with E-state index in [9.17, 15) is 9.59 Å². The van der Waals surface area contributed by atoms with Gasteiger partial charge in [-0.1, -0.05) is 0 Å². The highest BCUT2D eigenvalue weighted by molar-refractivity contribution is 9.10. The molecule has 0 saturated heterocycles. The second-order valence-electron chi connectivity index (χ2n) is 3.50. The van der Waals surface area contributed by atoms with Gasteiger partial charge in [0.15, 0.2) is 17.3 Å². The van der Waals surface area contributed by atoms with Crippen LogP contribution < -0.4 is 14.2 Å². The monoisotopic (exact) mass is 332 g/mol. The van der Waals surface area contributed by atoms with Crippen molar-refractivity contribution in [2.45, 2.75) is 6.42 Å². The van der Waals surface area contributed by atoms with Gasteiger partial charge in [0.25, 0.3) is 0 Å². The molecule has 0 aliphatic rings. The van der Waals surface area contributed by atoms with Crippen molar-refractivity contribution in [2.24, 2.45) is 0 Å². The minimum absolute atomic E-state index is 0.0404. The zero-order valence-corrected chi connectivity index (χ0v) is 12.2. The Morgan fingerprint density at radius 1 is 1.16 bits per heavy atom. The van der Waals surface area contributed by atoms with Crippen molar-refractivity contribution in [3.63, 3.8) is 0 Å². The predicted octanol–water partition coefficient (Wildman–Crippen LogP) is 2.13. The molecule has 0 bridgehead atoms. The minimum Gasteiger partial charge on any atom is -0.495 e. The van der Waals surface area contributed by atoms with Crippen molar-refractivity contribution < 1.29 is 28.9 Å². The van der Waals surface area contributed by atoms with Gasteiger partial charge >= 0.3 is 5.97 Å². The van der Waals surface area contributed by atoms with Crippen LogP contribution in [0, 0.1) is 0 Å². The largest absolute Gasteiger partial charge is 0.495 e. The van der Waals surface area contributed by atoms with Gasteiger partial charge in [0.2, 0.25) is 0 Å². The van der Waals surface area contributed by atoms with E-state index in [0.29, 0.717) is 10.2 Å². The van der Waals surface area contributed by atoms with E-state index in [1.807, 2.05) is 0 Å². The average Bonchev–Trinajstić information content (AvgIpc) is 2.36. The number of hydrogen-bond donors (Lipinski definition) is 1. The van der Waals surface area contributed by atoms with E-state index in [1.165, 1.54) is 21.3 Å². The summed E-state index contributed by atoms with van der Waals surface area (Å²) < 4.78 is 15.8. The van der Waals surface area contributed by atoms with E-state index in [0.717, 1.165) is 0 Å². The summed E-state index contributed by atoms with van der Waals surface area (Å²) in [4.78, 5) is 22.7. The normalized spacial score (nSPS) is 9.89. The highest BCUT2D eigenvalue weighted by Crippen LogP contribution is 2.43. The van der Waals surface area contributed by atoms with Gasteiger partial charge < -0.3 is 19.3 Å². The molecule has 0 atom stereocenters. The third-order valence-electron chi connectivity index (χ3n) is 2.37. The summed E-state index contributed by atoms with van der Waals surface area (Å²) in [5.74, 6) is -1.18.